The van der Waals surface area contributed by atoms with Gasteiger partial charge in [-0.3, -0.25) is 0 Å². The minimum Gasteiger partial charge on any atom is -0.489 e. The highest BCUT2D eigenvalue weighted by molar-refractivity contribution is 7.94. The highest BCUT2D eigenvalue weighted by Crippen LogP contribution is 2.33. The average Bonchev–Trinajstić information content (AvgIpc) is 2.69. The number of benzene rings is 1. The molecule has 134 valence electrons. The second-order valence-electron chi connectivity index (χ2n) is 6.47. The van der Waals surface area contributed by atoms with Crippen molar-refractivity contribution in [2.24, 2.45) is 5.92 Å². The first-order chi connectivity index (χ1) is 11.7. The number of halogens is 2. The summed E-state index contributed by atoms with van der Waals surface area (Å²) in [4.78, 5) is 0. The topological polar surface area (TPSA) is 43.4 Å². The molecule has 1 unspecified atom stereocenters. The van der Waals surface area contributed by atoms with Gasteiger partial charge in [-0.25, -0.2) is 17.2 Å². The molecule has 1 aromatic carbocycles. The van der Waals surface area contributed by atoms with Crippen LogP contribution in [0.5, 0.6) is 5.75 Å². The molecule has 1 aromatic rings. The van der Waals surface area contributed by atoms with Crippen molar-refractivity contribution in [1.29, 1.82) is 0 Å². The first-order valence-electron chi connectivity index (χ1n) is 8.18. The van der Waals surface area contributed by atoms with Gasteiger partial charge in [-0.2, -0.15) is 0 Å². The maximum absolute atomic E-state index is 13.2. The van der Waals surface area contributed by atoms with Gasteiger partial charge in [-0.05, 0) is 48.3 Å². The summed E-state index contributed by atoms with van der Waals surface area (Å²) in [6.07, 6.45) is 7.20. The van der Waals surface area contributed by atoms with Crippen LogP contribution >= 0.6 is 0 Å². The third-order valence-corrected chi connectivity index (χ3v) is 5.89. The summed E-state index contributed by atoms with van der Waals surface area (Å²) in [6, 6.07) is 5.68. The minimum atomic E-state index is -3.20. The van der Waals surface area contributed by atoms with Crippen molar-refractivity contribution in [3.8, 4) is 5.75 Å². The fourth-order valence-electron chi connectivity index (χ4n) is 3.05. The van der Waals surface area contributed by atoms with Crippen LogP contribution in [0.1, 0.15) is 25.3 Å². The van der Waals surface area contributed by atoms with E-state index in [9.17, 15) is 17.2 Å². The number of alkyl halides is 2. The SMILES string of the molecule is CC(F)(F)c1ccc(OCC2=CC=CC3CCCS(=O)(=O)C=C23)cc1. The van der Waals surface area contributed by atoms with Crippen LogP contribution in [0.3, 0.4) is 0 Å². The van der Waals surface area contributed by atoms with Gasteiger partial charge in [0.2, 0.25) is 0 Å². The largest absolute Gasteiger partial charge is 0.489 e. The normalized spacial score (nSPS) is 22.4. The molecule has 0 bridgehead atoms. The Morgan fingerprint density at radius 3 is 2.64 bits per heavy atom. The predicted molar refractivity (Wildman–Crippen MR) is 93.3 cm³/mol. The van der Waals surface area contributed by atoms with E-state index in [-0.39, 0.29) is 23.8 Å². The van der Waals surface area contributed by atoms with Gasteiger partial charge >= 0.3 is 0 Å². The van der Waals surface area contributed by atoms with Crippen LogP contribution in [0.4, 0.5) is 8.78 Å². The Bertz CT molecular complexity index is 828. The number of sulfone groups is 1. The van der Waals surface area contributed by atoms with Crippen molar-refractivity contribution >= 4 is 9.84 Å². The lowest BCUT2D eigenvalue weighted by molar-refractivity contribution is 0.0174. The number of ether oxygens (including phenoxy) is 1. The maximum atomic E-state index is 13.2. The van der Waals surface area contributed by atoms with E-state index in [0.29, 0.717) is 12.2 Å². The molecular weight excluding hydrogens is 346 g/mol. The van der Waals surface area contributed by atoms with Crippen LogP contribution in [0, 0.1) is 5.92 Å². The molecule has 0 fully saturated rings. The van der Waals surface area contributed by atoms with E-state index in [0.717, 1.165) is 24.5 Å². The molecule has 0 saturated carbocycles. The van der Waals surface area contributed by atoms with Crippen molar-refractivity contribution in [3.05, 3.63) is 64.6 Å². The Hall–Kier alpha value is -1.95. The Morgan fingerprint density at radius 1 is 1.24 bits per heavy atom. The van der Waals surface area contributed by atoms with Crippen LogP contribution < -0.4 is 4.74 Å². The summed E-state index contributed by atoms with van der Waals surface area (Å²) in [5.41, 5.74) is 1.51. The van der Waals surface area contributed by atoms with Crippen molar-refractivity contribution < 1.29 is 21.9 Å². The van der Waals surface area contributed by atoms with E-state index in [1.165, 1.54) is 29.7 Å². The quantitative estimate of drug-likeness (QED) is 0.794. The van der Waals surface area contributed by atoms with Crippen molar-refractivity contribution in [3.63, 3.8) is 0 Å². The van der Waals surface area contributed by atoms with Gasteiger partial charge in [0, 0.05) is 23.8 Å². The van der Waals surface area contributed by atoms with Crippen LogP contribution in [0.2, 0.25) is 0 Å². The Labute approximate surface area is 146 Å². The molecule has 1 atom stereocenters. The fourth-order valence-corrected chi connectivity index (χ4v) is 4.45. The maximum Gasteiger partial charge on any atom is 0.270 e. The fraction of sp³-hybridized carbons (Fsp3) is 0.368. The van der Waals surface area contributed by atoms with Gasteiger partial charge in [0.05, 0.1) is 5.75 Å². The Balaban J connectivity index is 1.75. The third-order valence-electron chi connectivity index (χ3n) is 4.42. The van der Waals surface area contributed by atoms with Crippen LogP contribution in [-0.2, 0) is 15.8 Å². The summed E-state index contributed by atoms with van der Waals surface area (Å²) < 4.78 is 56.2. The second-order valence-corrected chi connectivity index (χ2v) is 8.44. The van der Waals surface area contributed by atoms with Gasteiger partial charge < -0.3 is 4.74 Å². The van der Waals surface area contributed by atoms with Crippen LogP contribution in [0.15, 0.2) is 59.0 Å². The lowest BCUT2D eigenvalue weighted by atomic mass is 9.86. The molecule has 3 nitrogen and oxygen atoms in total. The summed E-state index contributed by atoms with van der Waals surface area (Å²) in [7, 11) is -3.20. The van der Waals surface area contributed by atoms with Gasteiger partial charge in [-0.1, -0.05) is 18.2 Å². The third kappa shape index (κ3) is 4.37. The molecule has 0 aromatic heterocycles. The first kappa shape index (κ1) is 17.9. The molecule has 2 aliphatic rings. The molecule has 25 heavy (non-hydrogen) atoms. The summed E-state index contributed by atoms with van der Waals surface area (Å²) in [5, 5.41) is 1.37. The predicted octanol–water partition coefficient (Wildman–Crippen LogP) is 4.38. The number of hydrogen-bond donors (Lipinski definition) is 0. The van der Waals surface area contributed by atoms with Crippen molar-refractivity contribution in [2.45, 2.75) is 25.7 Å². The van der Waals surface area contributed by atoms with Crippen LogP contribution in [-0.4, -0.2) is 20.8 Å². The average molecular weight is 366 g/mol. The highest BCUT2D eigenvalue weighted by atomic mass is 32.2. The molecule has 3 rings (SSSR count). The molecular formula is C19H20F2O3S. The van der Waals surface area contributed by atoms with Gasteiger partial charge in [0.1, 0.15) is 12.4 Å². The monoisotopic (exact) mass is 366 g/mol. The standard InChI is InChI=1S/C19H20F2O3S/c1-19(20,21)16-7-9-17(10-8-16)24-12-15-5-2-4-14-6-3-11-25(22,23)13-18(14)15/h2,4-5,7-10,13-14H,3,6,11-12H2,1H3. The number of hydrogen-bond acceptors (Lipinski definition) is 3. The van der Waals surface area contributed by atoms with E-state index < -0.39 is 15.8 Å². The number of allylic oxidation sites excluding steroid dienone is 3. The molecule has 0 spiro atoms. The first-order valence-corrected chi connectivity index (χ1v) is 9.89. The number of fused-ring (bicyclic) bond motifs is 1. The summed E-state index contributed by atoms with van der Waals surface area (Å²) in [5.74, 6) is -2.16. The smallest absolute Gasteiger partial charge is 0.270 e. The lowest BCUT2D eigenvalue weighted by Crippen LogP contribution is -2.13. The molecule has 6 heteroatoms. The lowest BCUT2D eigenvalue weighted by Gasteiger charge is -2.21. The molecule has 1 aliphatic carbocycles. The van der Waals surface area contributed by atoms with E-state index in [1.54, 1.807) is 0 Å². The highest BCUT2D eigenvalue weighted by Gasteiger charge is 2.26. The molecule has 0 radical (unpaired) electrons. The molecule has 1 aliphatic heterocycles. The van der Waals surface area contributed by atoms with Gasteiger partial charge in [0.15, 0.2) is 9.84 Å². The Morgan fingerprint density at radius 2 is 1.96 bits per heavy atom. The number of rotatable bonds is 4. The van der Waals surface area contributed by atoms with Gasteiger partial charge in [0.25, 0.3) is 5.92 Å². The molecule has 0 amide bonds. The van der Waals surface area contributed by atoms with Crippen LogP contribution in [0.25, 0.3) is 0 Å². The second kappa shape index (κ2) is 6.75. The summed E-state index contributed by atoms with van der Waals surface area (Å²) >= 11 is 0. The zero-order valence-electron chi connectivity index (χ0n) is 13.9. The zero-order chi connectivity index (χ0) is 18.1. The molecule has 0 N–H and O–H groups in total. The van der Waals surface area contributed by atoms with E-state index in [1.807, 2.05) is 18.2 Å². The zero-order valence-corrected chi connectivity index (χ0v) is 14.7. The van der Waals surface area contributed by atoms with Crippen molar-refractivity contribution in [2.75, 3.05) is 12.4 Å². The minimum absolute atomic E-state index is 0.0719. The Kier molecular flexibility index (Phi) is 4.82. The van der Waals surface area contributed by atoms with E-state index >= 15 is 0 Å². The van der Waals surface area contributed by atoms with E-state index in [2.05, 4.69) is 0 Å². The summed E-state index contributed by atoms with van der Waals surface area (Å²) in [6.45, 7) is 1.05. The molecule has 1 heterocycles. The van der Waals surface area contributed by atoms with Gasteiger partial charge in [-0.15, -0.1) is 0 Å². The van der Waals surface area contributed by atoms with Crippen molar-refractivity contribution in [1.82, 2.24) is 0 Å². The van der Waals surface area contributed by atoms with E-state index in [4.69, 9.17) is 4.74 Å². The molecule has 0 saturated heterocycles.